The molecule has 4 atom stereocenters. The molecule has 6 heteroatoms. The Balaban J connectivity index is 1.30. The molecule has 1 spiro atoms. The van der Waals surface area contributed by atoms with Gasteiger partial charge in [0, 0.05) is 36.5 Å². The highest BCUT2D eigenvalue weighted by atomic mass is 16.2. The smallest absolute Gasteiger partial charge is 0.255 e. The summed E-state index contributed by atoms with van der Waals surface area (Å²) >= 11 is 0. The highest BCUT2D eigenvalue weighted by molar-refractivity contribution is 6.02. The van der Waals surface area contributed by atoms with Crippen molar-refractivity contribution in [2.75, 3.05) is 5.32 Å². The summed E-state index contributed by atoms with van der Waals surface area (Å²) in [7, 11) is 0. The number of aromatic nitrogens is 1. The number of carbonyl (C=O) groups excluding carboxylic acids is 2. The maximum atomic E-state index is 12.9. The average molecular weight is 376 g/mol. The first kappa shape index (κ1) is 17.2. The van der Waals surface area contributed by atoms with E-state index in [1.165, 1.54) is 0 Å². The number of para-hydroxylation sites is 1. The highest BCUT2D eigenvalue weighted by Crippen LogP contribution is 2.51. The van der Waals surface area contributed by atoms with Gasteiger partial charge < -0.3 is 16.0 Å². The highest BCUT2D eigenvalue weighted by Gasteiger charge is 2.55. The third-order valence-corrected chi connectivity index (χ3v) is 6.67. The predicted octanol–water partition coefficient (Wildman–Crippen LogP) is 2.69. The van der Waals surface area contributed by atoms with Crippen molar-refractivity contribution in [2.24, 2.45) is 17.8 Å². The number of nitrogens with zero attached hydrogens (tertiary/aromatic N) is 1. The molecule has 144 valence electrons. The van der Waals surface area contributed by atoms with E-state index >= 15 is 0 Å². The van der Waals surface area contributed by atoms with Gasteiger partial charge in [-0.25, -0.2) is 0 Å². The van der Waals surface area contributed by atoms with Crippen LogP contribution in [-0.2, 0) is 11.3 Å². The number of hydrogen-bond acceptors (Lipinski definition) is 4. The second-order valence-electron chi connectivity index (χ2n) is 8.26. The number of benzene rings is 1. The fourth-order valence-electron chi connectivity index (χ4n) is 5.29. The first-order valence-electron chi connectivity index (χ1n) is 10.0. The molecule has 2 heterocycles. The standard InChI is InChI=1S/C22H24N4O2/c27-20(24-13-14-4-3-9-23-12-14)18-10-16-8-7-15(18)11-22(16)25-19-6-2-1-5-17(19)21(28)26-22/h1-6,9,12,15-16,18,25H,7-8,10-11,13H2,(H,24,27)(H,26,28)/t15?,16?,18?,22-/m1/s1. The van der Waals surface area contributed by atoms with Crippen LogP contribution in [0.1, 0.15) is 41.6 Å². The summed E-state index contributed by atoms with van der Waals surface area (Å²) in [4.78, 5) is 29.6. The Morgan fingerprint density at radius 3 is 2.86 bits per heavy atom. The van der Waals surface area contributed by atoms with Gasteiger partial charge in [-0.2, -0.15) is 0 Å². The zero-order valence-electron chi connectivity index (χ0n) is 15.7. The van der Waals surface area contributed by atoms with Crippen molar-refractivity contribution in [1.29, 1.82) is 0 Å². The quantitative estimate of drug-likeness (QED) is 0.769. The molecule has 2 amide bonds. The van der Waals surface area contributed by atoms with Crippen molar-refractivity contribution in [3.8, 4) is 0 Å². The van der Waals surface area contributed by atoms with E-state index in [1.807, 2.05) is 36.4 Å². The minimum absolute atomic E-state index is 0.0110. The second-order valence-corrected chi connectivity index (χ2v) is 8.26. The molecule has 28 heavy (non-hydrogen) atoms. The molecule has 6 rings (SSSR count). The lowest BCUT2D eigenvalue weighted by molar-refractivity contribution is -0.132. The summed E-state index contributed by atoms with van der Waals surface area (Å²) in [6, 6.07) is 11.5. The molecule has 2 aromatic rings. The molecule has 3 fully saturated rings. The fraction of sp³-hybridized carbons (Fsp3) is 0.409. The van der Waals surface area contributed by atoms with Crippen LogP contribution >= 0.6 is 0 Å². The van der Waals surface area contributed by atoms with Gasteiger partial charge in [-0.1, -0.05) is 18.2 Å². The number of hydrogen-bond donors (Lipinski definition) is 3. The molecule has 3 saturated carbocycles. The number of amides is 2. The largest absolute Gasteiger partial charge is 0.362 e. The third kappa shape index (κ3) is 2.84. The molecule has 6 nitrogen and oxygen atoms in total. The lowest BCUT2D eigenvalue weighted by atomic mass is 9.58. The Kier molecular flexibility index (Phi) is 4.07. The lowest BCUT2D eigenvalue weighted by Crippen LogP contribution is -2.68. The van der Waals surface area contributed by atoms with Crippen molar-refractivity contribution in [2.45, 2.75) is 37.9 Å². The molecular weight excluding hydrogens is 352 g/mol. The minimum Gasteiger partial charge on any atom is -0.362 e. The van der Waals surface area contributed by atoms with Crippen molar-refractivity contribution in [3.63, 3.8) is 0 Å². The van der Waals surface area contributed by atoms with Crippen molar-refractivity contribution < 1.29 is 9.59 Å². The molecule has 3 unspecified atom stereocenters. The minimum atomic E-state index is -0.422. The third-order valence-electron chi connectivity index (χ3n) is 6.67. The van der Waals surface area contributed by atoms with E-state index in [0.717, 1.165) is 36.9 Å². The molecule has 2 bridgehead atoms. The van der Waals surface area contributed by atoms with Gasteiger partial charge in [0.15, 0.2) is 0 Å². The Hall–Kier alpha value is -2.89. The van der Waals surface area contributed by atoms with Gasteiger partial charge >= 0.3 is 0 Å². The fourth-order valence-corrected chi connectivity index (χ4v) is 5.29. The summed E-state index contributed by atoms with van der Waals surface area (Å²) in [5.74, 6) is 0.647. The van der Waals surface area contributed by atoms with Crippen LogP contribution in [0.15, 0.2) is 48.8 Å². The van der Waals surface area contributed by atoms with Gasteiger partial charge in [0.25, 0.3) is 5.91 Å². The monoisotopic (exact) mass is 376 g/mol. The van der Waals surface area contributed by atoms with Crippen LogP contribution in [-0.4, -0.2) is 22.5 Å². The van der Waals surface area contributed by atoms with Crippen LogP contribution in [0, 0.1) is 17.8 Å². The van der Waals surface area contributed by atoms with Gasteiger partial charge in [0.2, 0.25) is 5.91 Å². The molecule has 1 aromatic heterocycles. The van der Waals surface area contributed by atoms with E-state index < -0.39 is 5.66 Å². The maximum Gasteiger partial charge on any atom is 0.255 e. The summed E-state index contributed by atoms with van der Waals surface area (Å²) in [5.41, 5.74) is 2.18. The van der Waals surface area contributed by atoms with Crippen LogP contribution < -0.4 is 16.0 Å². The van der Waals surface area contributed by atoms with Gasteiger partial charge in [-0.3, -0.25) is 14.6 Å². The zero-order chi connectivity index (χ0) is 19.1. The molecule has 4 aliphatic rings. The Morgan fingerprint density at radius 1 is 1.18 bits per heavy atom. The number of pyridine rings is 1. The SMILES string of the molecule is O=C1N[C@@]2(CC3CCC2CC3C(=O)NCc2cccnc2)Nc2ccccc21. The van der Waals surface area contributed by atoms with E-state index in [-0.39, 0.29) is 29.6 Å². The number of fused-ring (bicyclic) bond motifs is 3. The molecule has 0 saturated heterocycles. The normalized spacial score (nSPS) is 30.3. The lowest BCUT2D eigenvalue weighted by Gasteiger charge is -2.56. The topological polar surface area (TPSA) is 83.1 Å². The summed E-state index contributed by atoms with van der Waals surface area (Å²) in [6.45, 7) is 0.508. The van der Waals surface area contributed by atoms with Gasteiger partial charge in [0.05, 0.1) is 5.56 Å². The van der Waals surface area contributed by atoms with Gasteiger partial charge in [0.1, 0.15) is 5.66 Å². The second kappa shape index (κ2) is 6.62. The first-order chi connectivity index (χ1) is 13.6. The molecule has 1 aromatic carbocycles. The number of rotatable bonds is 3. The van der Waals surface area contributed by atoms with Crippen LogP contribution in [0.2, 0.25) is 0 Å². The molecular formula is C22H24N4O2. The molecule has 0 radical (unpaired) electrons. The summed E-state index contributed by atoms with van der Waals surface area (Å²) in [6.07, 6.45) is 7.18. The van der Waals surface area contributed by atoms with E-state index in [9.17, 15) is 9.59 Å². The average Bonchev–Trinajstić information content (AvgIpc) is 2.73. The predicted molar refractivity (Wildman–Crippen MR) is 105 cm³/mol. The van der Waals surface area contributed by atoms with E-state index in [1.54, 1.807) is 12.4 Å². The van der Waals surface area contributed by atoms with Crippen molar-refractivity contribution in [1.82, 2.24) is 15.6 Å². The van der Waals surface area contributed by atoms with E-state index in [2.05, 4.69) is 20.9 Å². The zero-order valence-corrected chi connectivity index (χ0v) is 15.7. The van der Waals surface area contributed by atoms with Crippen LogP contribution in [0.5, 0.6) is 0 Å². The van der Waals surface area contributed by atoms with Crippen molar-refractivity contribution >= 4 is 17.5 Å². The molecule has 3 aliphatic carbocycles. The van der Waals surface area contributed by atoms with Crippen LogP contribution in [0.25, 0.3) is 0 Å². The Bertz CT molecular complexity index is 916. The molecule has 3 N–H and O–H groups in total. The Morgan fingerprint density at radius 2 is 2.07 bits per heavy atom. The number of anilines is 1. The molecule has 1 aliphatic heterocycles. The van der Waals surface area contributed by atoms with Crippen molar-refractivity contribution in [3.05, 3.63) is 59.9 Å². The maximum absolute atomic E-state index is 12.9. The Labute approximate surface area is 164 Å². The number of nitrogens with one attached hydrogen (secondary N) is 3. The van der Waals surface area contributed by atoms with Gasteiger partial charge in [-0.05, 0) is 55.4 Å². The van der Waals surface area contributed by atoms with Crippen LogP contribution in [0.4, 0.5) is 5.69 Å². The summed E-state index contributed by atoms with van der Waals surface area (Å²) in [5, 5.41) is 9.95. The van der Waals surface area contributed by atoms with Crippen LogP contribution in [0.3, 0.4) is 0 Å². The summed E-state index contributed by atoms with van der Waals surface area (Å²) < 4.78 is 0. The van der Waals surface area contributed by atoms with Gasteiger partial charge in [-0.15, -0.1) is 0 Å². The first-order valence-corrected chi connectivity index (χ1v) is 10.0. The van der Waals surface area contributed by atoms with E-state index in [0.29, 0.717) is 12.1 Å². The van der Waals surface area contributed by atoms with E-state index in [4.69, 9.17) is 0 Å². The number of carbonyl (C=O) groups is 2.